The number of anilines is 2. The second kappa shape index (κ2) is 9.44. The first-order chi connectivity index (χ1) is 15.1. The molecule has 4 rings (SSSR count). The minimum Gasteiger partial charge on any atom is -0.450 e. The second-order valence-corrected chi connectivity index (χ2v) is 6.94. The molecular formula is C23H21FN2O5. The zero-order valence-electron chi connectivity index (χ0n) is 16.7. The molecular weight excluding hydrogens is 403 g/mol. The van der Waals surface area contributed by atoms with E-state index in [-0.39, 0.29) is 11.6 Å². The fourth-order valence-electron chi connectivity index (χ4n) is 3.19. The van der Waals surface area contributed by atoms with Crippen LogP contribution in [0.25, 0.3) is 11.3 Å². The summed E-state index contributed by atoms with van der Waals surface area (Å²) in [5.74, 6) is -1.22. The molecule has 2 aromatic carbocycles. The topological polar surface area (TPSA) is 81.0 Å². The number of esters is 1. The number of morpholine rings is 1. The first kappa shape index (κ1) is 20.6. The molecule has 0 bridgehead atoms. The van der Waals surface area contributed by atoms with Crippen LogP contribution in [0.1, 0.15) is 10.6 Å². The predicted octanol–water partition coefficient (Wildman–Crippen LogP) is 3.72. The van der Waals surface area contributed by atoms with Crippen molar-refractivity contribution in [3.8, 4) is 11.3 Å². The lowest BCUT2D eigenvalue weighted by Crippen LogP contribution is -2.36. The molecule has 0 atom stereocenters. The van der Waals surface area contributed by atoms with Gasteiger partial charge < -0.3 is 24.1 Å². The smallest absolute Gasteiger partial charge is 0.374 e. The van der Waals surface area contributed by atoms with Crippen LogP contribution in [-0.2, 0) is 14.3 Å². The van der Waals surface area contributed by atoms with Crippen LogP contribution >= 0.6 is 0 Å². The van der Waals surface area contributed by atoms with Gasteiger partial charge in [0.1, 0.15) is 11.6 Å². The Hall–Kier alpha value is -3.65. The van der Waals surface area contributed by atoms with E-state index in [0.29, 0.717) is 30.2 Å². The Bertz CT molecular complexity index is 1040. The Morgan fingerprint density at radius 3 is 2.39 bits per heavy atom. The molecule has 1 amide bonds. The van der Waals surface area contributed by atoms with Gasteiger partial charge >= 0.3 is 5.97 Å². The number of ether oxygens (including phenoxy) is 2. The van der Waals surface area contributed by atoms with Gasteiger partial charge in [-0.25, -0.2) is 9.18 Å². The van der Waals surface area contributed by atoms with E-state index in [1.165, 1.54) is 18.2 Å². The van der Waals surface area contributed by atoms with E-state index >= 15 is 0 Å². The van der Waals surface area contributed by atoms with Crippen LogP contribution in [0.3, 0.4) is 0 Å². The average molecular weight is 424 g/mol. The van der Waals surface area contributed by atoms with Crippen molar-refractivity contribution < 1.29 is 27.9 Å². The van der Waals surface area contributed by atoms with E-state index in [4.69, 9.17) is 13.9 Å². The molecule has 1 N–H and O–H groups in total. The number of nitrogens with zero attached hydrogens (tertiary/aromatic N) is 1. The summed E-state index contributed by atoms with van der Waals surface area (Å²) in [6.45, 7) is 2.61. The molecule has 160 valence electrons. The van der Waals surface area contributed by atoms with Crippen LogP contribution in [0.4, 0.5) is 15.8 Å². The van der Waals surface area contributed by atoms with Crippen LogP contribution in [0.5, 0.6) is 0 Å². The van der Waals surface area contributed by atoms with Crippen molar-refractivity contribution >= 4 is 23.3 Å². The summed E-state index contributed by atoms with van der Waals surface area (Å²) < 4.78 is 28.8. The maximum Gasteiger partial charge on any atom is 0.374 e. The summed E-state index contributed by atoms with van der Waals surface area (Å²) in [6, 6.07) is 16.2. The fourth-order valence-corrected chi connectivity index (χ4v) is 3.19. The van der Waals surface area contributed by atoms with Gasteiger partial charge in [0.05, 0.1) is 13.2 Å². The minimum atomic E-state index is -0.758. The first-order valence-corrected chi connectivity index (χ1v) is 9.84. The van der Waals surface area contributed by atoms with Gasteiger partial charge in [-0.15, -0.1) is 0 Å². The monoisotopic (exact) mass is 424 g/mol. The molecule has 0 radical (unpaired) electrons. The van der Waals surface area contributed by atoms with Crippen LogP contribution < -0.4 is 10.2 Å². The van der Waals surface area contributed by atoms with E-state index in [1.807, 2.05) is 12.1 Å². The molecule has 3 aromatic rings. The molecule has 0 aliphatic carbocycles. The van der Waals surface area contributed by atoms with Gasteiger partial charge in [-0.3, -0.25) is 4.79 Å². The van der Waals surface area contributed by atoms with Gasteiger partial charge in [-0.05, 0) is 60.7 Å². The first-order valence-electron chi connectivity index (χ1n) is 9.84. The Morgan fingerprint density at radius 1 is 0.968 bits per heavy atom. The molecule has 2 heterocycles. The van der Waals surface area contributed by atoms with Gasteiger partial charge in [0.15, 0.2) is 6.61 Å². The lowest BCUT2D eigenvalue weighted by Gasteiger charge is -2.28. The third-order valence-electron chi connectivity index (χ3n) is 4.80. The van der Waals surface area contributed by atoms with E-state index in [9.17, 15) is 14.0 Å². The summed E-state index contributed by atoms with van der Waals surface area (Å²) in [4.78, 5) is 26.5. The number of benzene rings is 2. The van der Waals surface area contributed by atoms with E-state index in [1.54, 1.807) is 30.3 Å². The molecule has 0 unspecified atom stereocenters. The largest absolute Gasteiger partial charge is 0.450 e. The van der Waals surface area contributed by atoms with Crippen molar-refractivity contribution in [3.63, 3.8) is 0 Å². The Kier molecular flexibility index (Phi) is 6.28. The summed E-state index contributed by atoms with van der Waals surface area (Å²) in [5.41, 5.74) is 2.29. The molecule has 1 aromatic heterocycles. The quantitative estimate of drug-likeness (QED) is 0.608. The van der Waals surface area contributed by atoms with E-state index < -0.39 is 18.5 Å². The third kappa shape index (κ3) is 5.29. The number of hydrogen-bond acceptors (Lipinski definition) is 6. The number of nitrogens with one attached hydrogen (secondary N) is 1. The lowest BCUT2D eigenvalue weighted by molar-refractivity contribution is -0.119. The maximum atomic E-state index is 13.0. The standard InChI is InChI=1S/C23H21FN2O5/c24-17-3-1-16(2-4-17)20-9-10-21(31-20)23(28)30-15-22(27)25-18-5-7-19(8-6-18)26-11-13-29-14-12-26/h1-10H,11-15H2,(H,25,27). The van der Waals surface area contributed by atoms with Crippen LogP contribution in [0.2, 0.25) is 0 Å². The van der Waals surface area contributed by atoms with E-state index in [2.05, 4.69) is 10.2 Å². The molecule has 8 heteroatoms. The zero-order chi connectivity index (χ0) is 21.6. The maximum absolute atomic E-state index is 13.0. The van der Waals surface area contributed by atoms with Gasteiger partial charge in [-0.1, -0.05) is 0 Å². The minimum absolute atomic E-state index is 0.0398. The molecule has 1 aliphatic heterocycles. The normalized spacial score (nSPS) is 13.6. The molecule has 1 aliphatic rings. The number of rotatable bonds is 6. The summed E-state index contributed by atoms with van der Waals surface area (Å²) >= 11 is 0. The van der Waals surface area contributed by atoms with Crippen molar-refractivity contribution in [1.82, 2.24) is 0 Å². The van der Waals surface area contributed by atoms with Crippen molar-refractivity contribution in [2.45, 2.75) is 0 Å². The SMILES string of the molecule is O=C(COC(=O)c1ccc(-c2ccc(F)cc2)o1)Nc1ccc(N2CCOCC2)cc1. The van der Waals surface area contributed by atoms with Crippen LogP contribution in [0, 0.1) is 5.82 Å². The van der Waals surface area contributed by atoms with Gasteiger partial charge in [0.2, 0.25) is 5.76 Å². The summed E-state index contributed by atoms with van der Waals surface area (Å²) in [6.07, 6.45) is 0. The van der Waals surface area contributed by atoms with Crippen molar-refractivity contribution in [2.75, 3.05) is 43.1 Å². The number of halogens is 1. The number of furan rings is 1. The highest BCUT2D eigenvalue weighted by atomic mass is 19.1. The lowest BCUT2D eigenvalue weighted by atomic mass is 10.2. The molecule has 1 fully saturated rings. The van der Waals surface area contributed by atoms with Crippen molar-refractivity contribution in [1.29, 1.82) is 0 Å². The van der Waals surface area contributed by atoms with E-state index in [0.717, 1.165) is 18.8 Å². The molecule has 1 saturated heterocycles. The van der Waals surface area contributed by atoms with Crippen molar-refractivity contribution in [3.05, 3.63) is 72.2 Å². The molecule has 0 saturated carbocycles. The molecule has 31 heavy (non-hydrogen) atoms. The summed E-state index contributed by atoms with van der Waals surface area (Å²) in [5, 5.41) is 2.69. The molecule has 7 nitrogen and oxygen atoms in total. The Balaban J connectivity index is 1.27. The Labute approximate surface area is 178 Å². The number of amides is 1. The average Bonchev–Trinajstić information content (AvgIpc) is 3.29. The second-order valence-electron chi connectivity index (χ2n) is 6.94. The van der Waals surface area contributed by atoms with Gasteiger partial charge in [-0.2, -0.15) is 0 Å². The van der Waals surface area contributed by atoms with Crippen LogP contribution in [-0.4, -0.2) is 44.8 Å². The summed E-state index contributed by atoms with van der Waals surface area (Å²) in [7, 11) is 0. The van der Waals surface area contributed by atoms with Crippen molar-refractivity contribution in [2.24, 2.45) is 0 Å². The van der Waals surface area contributed by atoms with Gasteiger partial charge in [0, 0.05) is 30.0 Å². The fraction of sp³-hybridized carbons (Fsp3) is 0.217. The van der Waals surface area contributed by atoms with Crippen LogP contribution in [0.15, 0.2) is 65.1 Å². The Morgan fingerprint density at radius 2 is 1.68 bits per heavy atom. The zero-order valence-corrected chi connectivity index (χ0v) is 16.7. The number of hydrogen-bond donors (Lipinski definition) is 1. The third-order valence-corrected chi connectivity index (χ3v) is 4.80. The number of carbonyl (C=O) groups is 2. The highest BCUT2D eigenvalue weighted by molar-refractivity contribution is 5.94. The molecule has 0 spiro atoms. The predicted molar refractivity (Wildman–Crippen MR) is 112 cm³/mol. The van der Waals surface area contributed by atoms with Gasteiger partial charge in [0.25, 0.3) is 5.91 Å². The number of carbonyl (C=O) groups excluding carboxylic acids is 2. The highest BCUT2D eigenvalue weighted by Gasteiger charge is 2.16. The highest BCUT2D eigenvalue weighted by Crippen LogP contribution is 2.23.